The van der Waals surface area contributed by atoms with Crippen LogP contribution in [0.15, 0.2) is 24.3 Å². The predicted octanol–water partition coefficient (Wildman–Crippen LogP) is 2.99. The van der Waals surface area contributed by atoms with Gasteiger partial charge in [-0.3, -0.25) is 4.79 Å². The zero-order valence-corrected chi connectivity index (χ0v) is 13.9. The standard InChI is InChI=1S/C18H18O6/c1-9-5-12-16(20)11-7-10(19)8-13(21-2)15(11)18(23-4)24-17(12)14(6-9)22-3/h5-8,18-19H,1-4H3. The third-order valence-electron chi connectivity index (χ3n) is 3.93. The van der Waals surface area contributed by atoms with Crippen LogP contribution in [0.2, 0.25) is 0 Å². The summed E-state index contributed by atoms with van der Waals surface area (Å²) < 4.78 is 22.0. The van der Waals surface area contributed by atoms with Crippen LogP contribution < -0.4 is 14.2 Å². The SMILES string of the molecule is COc1cc(C)cc2c1OC(OC)c1c(OC)cc(O)cc1C2=O. The van der Waals surface area contributed by atoms with E-state index in [9.17, 15) is 9.90 Å². The molecule has 0 saturated heterocycles. The molecule has 0 amide bonds. The molecule has 0 saturated carbocycles. The predicted molar refractivity (Wildman–Crippen MR) is 86.2 cm³/mol. The molecule has 0 spiro atoms. The van der Waals surface area contributed by atoms with Gasteiger partial charge in [-0.2, -0.15) is 0 Å². The fourth-order valence-corrected chi connectivity index (χ4v) is 2.87. The van der Waals surface area contributed by atoms with Crippen molar-refractivity contribution in [2.24, 2.45) is 0 Å². The number of aromatic hydroxyl groups is 1. The molecule has 1 aliphatic rings. The molecule has 2 aromatic carbocycles. The van der Waals surface area contributed by atoms with Crippen molar-refractivity contribution in [3.8, 4) is 23.0 Å². The van der Waals surface area contributed by atoms with Crippen molar-refractivity contribution < 1.29 is 28.8 Å². The molecule has 1 aliphatic heterocycles. The van der Waals surface area contributed by atoms with Crippen LogP contribution >= 0.6 is 0 Å². The van der Waals surface area contributed by atoms with E-state index >= 15 is 0 Å². The summed E-state index contributed by atoms with van der Waals surface area (Å²) in [6.45, 7) is 1.86. The molecule has 0 radical (unpaired) electrons. The van der Waals surface area contributed by atoms with Crippen molar-refractivity contribution >= 4 is 5.78 Å². The lowest BCUT2D eigenvalue weighted by atomic mass is 9.96. The Morgan fingerprint density at radius 1 is 1.00 bits per heavy atom. The van der Waals surface area contributed by atoms with Gasteiger partial charge in [-0.25, -0.2) is 0 Å². The molecule has 6 nitrogen and oxygen atoms in total. The van der Waals surface area contributed by atoms with Crippen molar-refractivity contribution in [2.75, 3.05) is 21.3 Å². The van der Waals surface area contributed by atoms with E-state index in [1.54, 1.807) is 12.1 Å². The average molecular weight is 330 g/mol. The van der Waals surface area contributed by atoms with E-state index in [1.165, 1.54) is 33.5 Å². The van der Waals surface area contributed by atoms with Gasteiger partial charge in [-0.15, -0.1) is 0 Å². The fraction of sp³-hybridized carbons (Fsp3) is 0.278. The summed E-state index contributed by atoms with van der Waals surface area (Å²) in [6.07, 6.45) is -0.877. The number of fused-ring (bicyclic) bond motifs is 2. The van der Waals surface area contributed by atoms with Gasteiger partial charge in [0.2, 0.25) is 6.29 Å². The number of carbonyl (C=O) groups is 1. The largest absolute Gasteiger partial charge is 0.508 e. The minimum Gasteiger partial charge on any atom is -0.508 e. The van der Waals surface area contributed by atoms with E-state index in [0.717, 1.165) is 5.56 Å². The average Bonchev–Trinajstić information content (AvgIpc) is 2.69. The van der Waals surface area contributed by atoms with Crippen molar-refractivity contribution in [1.82, 2.24) is 0 Å². The number of ketones is 1. The van der Waals surface area contributed by atoms with Crippen LogP contribution in [0.25, 0.3) is 0 Å². The first-order valence-electron chi connectivity index (χ1n) is 7.33. The summed E-state index contributed by atoms with van der Waals surface area (Å²) in [7, 11) is 4.43. The summed E-state index contributed by atoms with van der Waals surface area (Å²) in [4.78, 5) is 13.1. The molecule has 24 heavy (non-hydrogen) atoms. The van der Waals surface area contributed by atoms with Crippen molar-refractivity contribution in [3.63, 3.8) is 0 Å². The second-order valence-corrected chi connectivity index (χ2v) is 5.47. The molecule has 1 atom stereocenters. The van der Waals surface area contributed by atoms with Gasteiger partial charge in [0.15, 0.2) is 17.3 Å². The highest BCUT2D eigenvalue weighted by Gasteiger charge is 2.34. The number of hydrogen-bond donors (Lipinski definition) is 1. The maximum absolute atomic E-state index is 13.1. The van der Waals surface area contributed by atoms with Crippen molar-refractivity contribution in [1.29, 1.82) is 0 Å². The smallest absolute Gasteiger partial charge is 0.231 e. The Bertz CT molecular complexity index is 812. The number of ether oxygens (including phenoxy) is 4. The zero-order valence-electron chi connectivity index (χ0n) is 13.9. The highest BCUT2D eigenvalue weighted by molar-refractivity contribution is 6.13. The van der Waals surface area contributed by atoms with E-state index in [4.69, 9.17) is 18.9 Å². The topological polar surface area (TPSA) is 74.2 Å². The normalized spacial score (nSPS) is 15.8. The summed E-state index contributed by atoms with van der Waals surface area (Å²) in [5, 5.41) is 9.93. The number of carbonyl (C=O) groups excluding carboxylic acids is 1. The van der Waals surface area contributed by atoms with E-state index in [1.807, 2.05) is 6.92 Å². The Morgan fingerprint density at radius 2 is 1.71 bits per heavy atom. The van der Waals surface area contributed by atoms with E-state index in [2.05, 4.69) is 0 Å². The highest BCUT2D eigenvalue weighted by Crippen LogP contribution is 2.44. The Hall–Kier alpha value is -2.73. The van der Waals surface area contributed by atoms with Gasteiger partial charge in [-0.05, 0) is 30.7 Å². The minimum absolute atomic E-state index is 0.0723. The number of aryl methyl sites for hydroxylation is 1. The molecular formula is C18H18O6. The van der Waals surface area contributed by atoms with Crippen LogP contribution in [0.1, 0.15) is 33.3 Å². The minimum atomic E-state index is -0.877. The monoisotopic (exact) mass is 330 g/mol. The first-order chi connectivity index (χ1) is 11.5. The van der Waals surface area contributed by atoms with Crippen LogP contribution in [0.5, 0.6) is 23.0 Å². The van der Waals surface area contributed by atoms with Crippen LogP contribution in [0.4, 0.5) is 0 Å². The van der Waals surface area contributed by atoms with E-state index in [-0.39, 0.29) is 17.1 Å². The molecule has 0 bridgehead atoms. The third kappa shape index (κ3) is 2.45. The molecule has 1 unspecified atom stereocenters. The van der Waals surface area contributed by atoms with Crippen molar-refractivity contribution in [2.45, 2.75) is 13.2 Å². The lowest BCUT2D eigenvalue weighted by Crippen LogP contribution is -2.12. The molecule has 1 heterocycles. The Labute approximate surface area is 139 Å². The van der Waals surface area contributed by atoms with Crippen LogP contribution in [-0.2, 0) is 4.74 Å². The van der Waals surface area contributed by atoms with Crippen LogP contribution in [0.3, 0.4) is 0 Å². The van der Waals surface area contributed by atoms with E-state index < -0.39 is 6.29 Å². The second-order valence-electron chi connectivity index (χ2n) is 5.47. The first kappa shape index (κ1) is 16.1. The number of phenols is 1. The van der Waals surface area contributed by atoms with Crippen LogP contribution in [-0.4, -0.2) is 32.2 Å². The maximum atomic E-state index is 13.1. The number of benzene rings is 2. The second kappa shape index (κ2) is 6.05. The Morgan fingerprint density at radius 3 is 2.33 bits per heavy atom. The maximum Gasteiger partial charge on any atom is 0.231 e. The summed E-state index contributed by atoms with van der Waals surface area (Å²) >= 11 is 0. The number of phenolic OH excluding ortho intramolecular Hbond substituents is 1. The lowest BCUT2D eigenvalue weighted by Gasteiger charge is -2.20. The summed E-state index contributed by atoms with van der Waals surface area (Å²) in [5.41, 5.74) is 1.90. The van der Waals surface area contributed by atoms with Gasteiger partial charge in [-0.1, -0.05) is 0 Å². The molecule has 3 rings (SSSR count). The van der Waals surface area contributed by atoms with Gasteiger partial charge in [0, 0.05) is 18.7 Å². The Balaban J connectivity index is 2.33. The summed E-state index contributed by atoms with van der Waals surface area (Å²) in [6, 6.07) is 6.31. The Kier molecular flexibility index (Phi) is 4.07. The molecule has 1 N–H and O–H groups in total. The van der Waals surface area contributed by atoms with Gasteiger partial charge < -0.3 is 24.1 Å². The lowest BCUT2D eigenvalue weighted by molar-refractivity contribution is -0.0581. The molecule has 0 aliphatic carbocycles. The van der Waals surface area contributed by atoms with Crippen molar-refractivity contribution in [3.05, 3.63) is 46.5 Å². The molecular weight excluding hydrogens is 312 g/mol. The number of methoxy groups -OCH3 is 3. The fourth-order valence-electron chi connectivity index (χ4n) is 2.87. The van der Waals surface area contributed by atoms with E-state index in [0.29, 0.717) is 28.4 Å². The van der Waals surface area contributed by atoms with Crippen LogP contribution in [0, 0.1) is 6.92 Å². The first-order valence-corrected chi connectivity index (χ1v) is 7.33. The molecule has 0 aromatic heterocycles. The highest BCUT2D eigenvalue weighted by atomic mass is 16.7. The molecule has 6 heteroatoms. The quantitative estimate of drug-likeness (QED) is 0.932. The molecule has 2 aromatic rings. The summed E-state index contributed by atoms with van der Waals surface area (Å²) in [5.74, 6) is 0.690. The molecule has 126 valence electrons. The van der Waals surface area contributed by atoms with Gasteiger partial charge >= 0.3 is 0 Å². The number of rotatable bonds is 3. The number of hydrogen-bond acceptors (Lipinski definition) is 6. The van der Waals surface area contributed by atoms with Gasteiger partial charge in [0.1, 0.15) is 11.5 Å². The third-order valence-corrected chi connectivity index (χ3v) is 3.93. The van der Waals surface area contributed by atoms with Gasteiger partial charge in [0.25, 0.3) is 0 Å². The zero-order chi connectivity index (χ0) is 17.4. The molecule has 0 fully saturated rings. The van der Waals surface area contributed by atoms with Gasteiger partial charge in [0.05, 0.1) is 25.3 Å².